The zero-order valence-corrected chi connectivity index (χ0v) is 8.73. The molecule has 1 aromatic carbocycles. The molecule has 4 N–H and O–H groups in total. The minimum absolute atomic E-state index is 0.171. The first kappa shape index (κ1) is 10.5. The first-order valence-corrected chi connectivity index (χ1v) is 4.77. The molecule has 0 radical (unpaired) electrons. The van der Waals surface area contributed by atoms with Crippen LogP contribution in [0.5, 0.6) is 5.75 Å². The molecule has 0 amide bonds. The van der Waals surface area contributed by atoms with Gasteiger partial charge in [-0.3, -0.25) is 0 Å². The Morgan fingerprint density at radius 2 is 2.25 bits per heavy atom. The summed E-state index contributed by atoms with van der Waals surface area (Å²) in [5.74, 6) is -0.333. The van der Waals surface area contributed by atoms with Gasteiger partial charge in [-0.15, -0.1) is 0 Å². The number of nitrogens with two attached hydrogens (primary N) is 1. The van der Waals surface area contributed by atoms with Crippen molar-refractivity contribution in [1.29, 1.82) is 0 Å². The predicted molar refractivity (Wildman–Crippen MR) is 58.9 cm³/mol. The lowest BCUT2D eigenvalue weighted by Crippen LogP contribution is -2.22. The Balaban J connectivity index is 2.43. The molecule has 0 aliphatic carbocycles. The van der Waals surface area contributed by atoms with Gasteiger partial charge in [0.25, 0.3) is 0 Å². The van der Waals surface area contributed by atoms with Crippen LogP contribution in [0.25, 0.3) is 10.9 Å². The SMILES string of the molecule is COC(=O)C(N)c1cc2cc(O)ccc2[nH]1. The lowest BCUT2D eigenvalue weighted by molar-refractivity contribution is -0.142. The number of phenolic OH excluding ortho intramolecular Hbond substituents is 1. The highest BCUT2D eigenvalue weighted by Gasteiger charge is 2.18. The second-order valence-electron chi connectivity index (χ2n) is 3.50. The molecule has 0 aliphatic heterocycles. The highest BCUT2D eigenvalue weighted by Crippen LogP contribution is 2.23. The summed E-state index contributed by atoms with van der Waals surface area (Å²) in [7, 11) is 1.29. The maximum absolute atomic E-state index is 11.2. The average Bonchev–Trinajstić information content (AvgIpc) is 2.69. The van der Waals surface area contributed by atoms with Gasteiger partial charge in [0.05, 0.1) is 7.11 Å². The van der Waals surface area contributed by atoms with E-state index >= 15 is 0 Å². The molecular weight excluding hydrogens is 208 g/mol. The fraction of sp³-hybridized carbons (Fsp3) is 0.182. The molecule has 84 valence electrons. The lowest BCUT2D eigenvalue weighted by atomic mass is 10.2. The van der Waals surface area contributed by atoms with Gasteiger partial charge in [-0.1, -0.05) is 0 Å². The first-order valence-electron chi connectivity index (χ1n) is 4.77. The van der Waals surface area contributed by atoms with E-state index in [1.54, 1.807) is 24.3 Å². The van der Waals surface area contributed by atoms with Crippen molar-refractivity contribution in [1.82, 2.24) is 4.98 Å². The van der Waals surface area contributed by atoms with Crippen LogP contribution in [0.2, 0.25) is 0 Å². The number of hydrogen-bond acceptors (Lipinski definition) is 4. The molecule has 1 aromatic heterocycles. The summed E-state index contributed by atoms with van der Waals surface area (Å²) < 4.78 is 4.55. The second-order valence-corrected chi connectivity index (χ2v) is 3.50. The fourth-order valence-corrected chi connectivity index (χ4v) is 1.56. The number of phenols is 1. The van der Waals surface area contributed by atoms with E-state index < -0.39 is 12.0 Å². The van der Waals surface area contributed by atoms with E-state index in [-0.39, 0.29) is 5.75 Å². The second kappa shape index (κ2) is 3.86. The van der Waals surface area contributed by atoms with Crippen molar-refractivity contribution in [3.8, 4) is 5.75 Å². The molecule has 0 bridgehead atoms. The number of rotatable bonds is 2. The van der Waals surface area contributed by atoms with Crippen molar-refractivity contribution in [2.75, 3.05) is 7.11 Å². The van der Waals surface area contributed by atoms with Gasteiger partial charge in [-0.2, -0.15) is 0 Å². The molecule has 0 saturated carbocycles. The number of benzene rings is 1. The number of hydrogen-bond donors (Lipinski definition) is 3. The van der Waals surface area contributed by atoms with E-state index in [0.29, 0.717) is 5.69 Å². The number of ether oxygens (including phenoxy) is 1. The number of aromatic amines is 1. The van der Waals surface area contributed by atoms with Crippen molar-refractivity contribution in [3.63, 3.8) is 0 Å². The number of methoxy groups -OCH3 is 1. The number of aromatic nitrogens is 1. The minimum Gasteiger partial charge on any atom is -0.508 e. The van der Waals surface area contributed by atoms with E-state index in [2.05, 4.69) is 9.72 Å². The molecule has 0 saturated heterocycles. The van der Waals surface area contributed by atoms with Crippen molar-refractivity contribution in [2.45, 2.75) is 6.04 Å². The summed E-state index contributed by atoms with van der Waals surface area (Å²) in [6.07, 6.45) is 0. The van der Waals surface area contributed by atoms with Crippen LogP contribution in [0.4, 0.5) is 0 Å². The molecule has 1 heterocycles. The topological polar surface area (TPSA) is 88.3 Å². The Morgan fingerprint density at radius 1 is 1.50 bits per heavy atom. The Hall–Kier alpha value is -2.01. The molecule has 0 aliphatic rings. The Kier molecular flexibility index (Phi) is 2.54. The minimum atomic E-state index is -0.834. The normalized spacial score (nSPS) is 12.6. The number of carbonyl (C=O) groups excluding carboxylic acids is 1. The first-order chi connectivity index (χ1) is 7.61. The predicted octanol–water partition coefficient (Wildman–Crippen LogP) is 1.05. The van der Waals surface area contributed by atoms with Crippen LogP contribution < -0.4 is 5.73 Å². The number of H-pyrrole nitrogens is 1. The highest BCUT2D eigenvalue weighted by molar-refractivity contribution is 5.85. The van der Waals surface area contributed by atoms with Gasteiger partial charge in [-0.05, 0) is 24.3 Å². The zero-order chi connectivity index (χ0) is 11.7. The van der Waals surface area contributed by atoms with E-state index in [1.807, 2.05) is 0 Å². The molecular formula is C11H12N2O3. The van der Waals surface area contributed by atoms with E-state index in [4.69, 9.17) is 5.73 Å². The van der Waals surface area contributed by atoms with Gasteiger partial charge in [0.15, 0.2) is 0 Å². The molecule has 2 aromatic rings. The van der Waals surface area contributed by atoms with Crippen LogP contribution in [-0.4, -0.2) is 23.2 Å². The molecule has 1 unspecified atom stereocenters. The van der Waals surface area contributed by atoms with Crippen LogP contribution in [0, 0.1) is 0 Å². The van der Waals surface area contributed by atoms with Gasteiger partial charge in [0.2, 0.25) is 0 Å². The van der Waals surface area contributed by atoms with E-state index in [9.17, 15) is 9.90 Å². The van der Waals surface area contributed by atoms with E-state index in [1.165, 1.54) is 7.11 Å². The summed E-state index contributed by atoms with van der Waals surface area (Å²) in [6.45, 7) is 0. The fourth-order valence-electron chi connectivity index (χ4n) is 1.56. The van der Waals surface area contributed by atoms with Gasteiger partial charge in [0, 0.05) is 16.6 Å². The Labute approximate surface area is 91.8 Å². The summed E-state index contributed by atoms with van der Waals surface area (Å²) in [5.41, 5.74) is 7.06. The largest absolute Gasteiger partial charge is 0.508 e. The van der Waals surface area contributed by atoms with Crippen molar-refractivity contribution in [2.24, 2.45) is 5.73 Å². The third kappa shape index (κ3) is 1.72. The van der Waals surface area contributed by atoms with Gasteiger partial charge < -0.3 is 20.6 Å². The quantitative estimate of drug-likeness (QED) is 0.660. The molecule has 5 heteroatoms. The number of fused-ring (bicyclic) bond motifs is 1. The van der Waals surface area contributed by atoms with E-state index in [0.717, 1.165) is 10.9 Å². The number of esters is 1. The molecule has 16 heavy (non-hydrogen) atoms. The summed E-state index contributed by atoms with van der Waals surface area (Å²) in [5, 5.41) is 10.1. The zero-order valence-electron chi connectivity index (χ0n) is 8.73. The number of nitrogens with one attached hydrogen (secondary N) is 1. The summed E-state index contributed by atoms with van der Waals surface area (Å²) in [4.78, 5) is 14.2. The van der Waals surface area contributed by atoms with Crippen LogP contribution in [0.15, 0.2) is 24.3 Å². The monoisotopic (exact) mass is 220 g/mol. The molecule has 1 atom stereocenters. The summed E-state index contributed by atoms with van der Waals surface area (Å²) >= 11 is 0. The number of carbonyl (C=O) groups is 1. The lowest BCUT2D eigenvalue weighted by Gasteiger charge is -2.05. The third-order valence-corrected chi connectivity index (χ3v) is 2.42. The summed E-state index contributed by atoms with van der Waals surface area (Å²) in [6, 6.07) is 5.76. The Morgan fingerprint density at radius 3 is 2.94 bits per heavy atom. The molecule has 0 spiro atoms. The molecule has 0 fully saturated rings. The maximum Gasteiger partial charge on any atom is 0.328 e. The van der Waals surface area contributed by atoms with Gasteiger partial charge in [-0.25, -0.2) is 4.79 Å². The van der Waals surface area contributed by atoms with Gasteiger partial charge >= 0.3 is 5.97 Å². The van der Waals surface area contributed by atoms with Gasteiger partial charge in [0.1, 0.15) is 11.8 Å². The molecule has 5 nitrogen and oxygen atoms in total. The van der Waals surface area contributed by atoms with Crippen molar-refractivity contribution in [3.05, 3.63) is 30.0 Å². The Bertz CT molecular complexity index is 533. The van der Waals surface area contributed by atoms with Crippen LogP contribution in [0.1, 0.15) is 11.7 Å². The van der Waals surface area contributed by atoms with Crippen molar-refractivity contribution < 1.29 is 14.6 Å². The van der Waals surface area contributed by atoms with Crippen LogP contribution >= 0.6 is 0 Å². The van der Waals surface area contributed by atoms with Crippen LogP contribution in [0.3, 0.4) is 0 Å². The van der Waals surface area contributed by atoms with Crippen LogP contribution in [-0.2, 0) is 9.53 Å². The molecule has 2 rings (SSSR count). The third-order valence-electron chi connectivity index (χ3n) is 2.42. The maximum atomic E-state index is 11.2. The highest BCUT2D eigenvalue weighted by atomic mass is 16.5. The van der Waals surface area contributed by atoms with Crippen molar-refractivity contribution >= 4 is 16.9 Å². The average molecular weight is 220 g/mol. The standard InChI is InChI=1S/C11H12N2O3/c1-16-11(15)10(12)9-5-6-4-7(14)2-3-8(6)13-9/h2-5,10,13-14H,12H2,1H3. The number of aromatic hydroxyl groups is 1. The smallest absolute Gasteiger partial charge is 0.328 e.